The van der Waals surface area contributed by atoms with E-state index in [1.807, 2.05) is 200 Å². The number of nitrogens with one attached hydrogen (secondary N) is 2. The molecule has 0 aliphatic carbocycles. The van der Waals surface area contributed by atoms with Crippen LogP contribution >= 0.6 is 23.2 Å². The van der Waals surface area contributed by atoms with E-state index in [1.165, 1.54) is 55.6 Å². The second-order valence-electron chi connectivity index (χ2n) is 32.5. The minimum absolute atomic E-state index is 0.00566. The number of likely N-dealkylation sites (tertiary alicyclic amines) is 1. The first-order valence-electron chi connectivity index (χ1n) is 44.3. The van der Waals surface area contributed by atoms with Gasteiger partial charge in [0.15, 0.2) is 28.8 Å². The van der Waals surface area contributed by atoms with Gasteiger partial charge in [0.05, 0.1) is 87.4 Å². The summed E-state index contributed by atoms with van der Waals surface area (Å²) < 4.78 is 69.3. The number of nitrogen functional groups attached to an aromatic ring is 1. The van der Waals surface area contributed by atoms with Crippen LogP contribution in [0.25, 0.3) is 44.1 Å². The number of hydrogen-bond donors (Lipinski definition) is 3. The second kappa shape index (κ2) is 49.7. The first-order chi connectivity index (χ1) is 67.0. The van der Waals surface area contributed by atoms with Gasteiger partial charge in [-0.05, 0) is 191 Å². The summed E-state index contributed by atoms with van der Waals surface area (Å²) in [6.07, 6.45) is 21.9. The number of rotatable bonds is 37. The molecule has 2 aliphatic rings. The number of nitriles is 1. The molecule has 2 aliphatic heterocycles. The summed E-state index contributed by atoms with van der Waals surface area (Å²) in [7, 11) is 9.37. The Kier molecular flexibility index (Phi) is 36.1. The molecule has 2 saturated heterocycles. The third-order valence-electron chi connectivity index (χ3n) is 21.7. The fourth-order valence-electron chi connectivity index (χ4n) is 14.9. The number of ether oxygens (including phenoxy) is 7. The Bertz CT molecular complexity index is 6740. The zero-order valence-electron chi connectivity index (χ0n) is 76.9. The average Bonchev–Trinajstić information content (AvgIpc) is 1.33. The summed E-state index contributed by atoms with van der Waals surface area (Å²) in [5.74, 6) is 4.09. The van der Waals surface area contributed by atoms with Crippen LogP contribution in [0.1, 0.15) is 75.9 Å². The SMILES string of the molecule is C=CC(=O)Cc1cccc(Cc2nc(Cc3ccc(OCCOC)cc3)ncc2F)c1.C=CC(=O)N1CCCC(n2nc(-c3ccc(Oc4ccccc4)cc3)c3c(N)ncnc32)C1.C=COc1cc2ncc(C#N)c(Nc3ccc(OCc4ccccn4)c(Cl)c3)c2cc1CC(=O)/C=C/CN(C)C.CN(C)C/C=C/C(=O)Cc1cc2c(Nc3ccc(F)c(Cl)c3)ncnc2cc1O[C@@H]1CCOC1. The number of nitrogens with two attached hydrogens (primary N) is 1. The van der Waals surface area contributed by atoms with E-state index >= 15 is 0 Å². The summed E-state index contributed by atoms with van der Waals surface area (Å²) in [5.41, 5.74) is 17.1. The molecule has 28 nitrogen and oxygen atoms in total. The number of piperidine rings is 1. The fraction of sp³-hybridized carbons (Fsp3) is 0.226. The van der Waals surface area contributed by atoms with Gasteiger partial charge in [0, 0.05) is 135 Å². The summed E-state index contributed by atoms with van der Waals surface area (Å²) in [6, 6.07) is 57.1. The number of halogens is 4. The topological polar surface area (TPSA) is 337 Å². The zero-order valence-corrected chi connectivity index (χ0v) is 78.4. The van der Waals surface area contributed by atoms with Gasteiger partial charge in [-0.15, -0.1) is 0 Å². The Balaban J connectivity index is 0.000000156. The highest BCUT2D eigenvalue weighted by molar-refractivity contribution is 6.32. The van der Waals surface area contributed by atoms with Gasteiger partial charge in [-0.3, -0.25) is 29.1 Å². The van der Waals surface area contributed by atoms with E-state index in [0.29, 0.717) is 178 Å². The number of para-hydroxylation sites is 1. The zero-order chi connectivity index (χ0) is 97.4. The van der Waals surface area contributed by atoms with E-state index in [9.17, 15) is 33.2 Å². The van der Waals surface area contributed by atoms with E-state index in [1.54, 1.807) is 54.6 Å². The van der Waals surface area contributed by atoms with Gasteiger partial charge in [0.1, 0.15) is 102 Å². The van der Waals surface area contributed by atoms with E-state index in [2.05, 4.69) is 76.3 Å². The van der Waals surface area contributed by atoms with Crippen LogP contribution in [-0.4, -0.2) is 182 Å². The van der Waals surface area contributed by atoms with Crippen LogP contribution in [0.5, 0.6) is 34.5 Å². The maximum Gasteiger partial charge on any atom is 0.246 e. The molecule has 138 heavy (non-hydrogen) atoms. The van der Waals surface area contributed by atoms with Crippen molar-refractivity contribution in [1.82, 2.24) is 64.4 Å². The van der Waals surface area contributed by atoms with Crippen LogP contribution in [0.2, 0.25) is 10.0 Å². The predicted molar refractivity (Wildman–Crippen MR) is 531 cm³/mol. The number of fused-ring (bicyclic) bond motifs is 3. The molecule has 16 rings (SSSR count). The Morgan fingerprint density at radius 3 is 2.03 bits per heavy atom. The number of carbonyl (C=O) groups excluding carboxylic acids is 4. The van der Waals surface area contributed by atoms with Crippen LogP contribution < -0.4 is 40.1 Å². The monoisotopic (exact) mass is 1900 g/mol. The van der Waals surface area contributed by atoms with Crippen molar-refractivity contribution in [3.8, 4) is 51.8 Å². The number of likely N-dealkylation sites (N-methyl/N-ethyl adjacent to an activating group) is 2. The Morgan fingerprint density at radius 2 is 1.33 bits per heavy atom. The van der Waals surface area contributed by atoms with Crippen molar-refractivity contribution in [2.75, 3.05) is 104 Å². The van der Waals surface area contributed by atoms with Crippen molar-refractivity contribution in [3.05, 3.63) is 348 Å². The van der Waals surface area contributed by atoms with Crippen molar-refractivity contribution >= 4 is 108 Å². The second-order valence-corrected chi connectivity index (χ2v) is 33.3. The molecule has 8 heterocycles. The van der Waals surface area contributed by atoms with Gasteiger partial charge in [0.2, 0.25) is 5.91 Å². The molecular weight excluding hydrogens is 1800 g/mol. The summed E-state index contributed by atoms with van der Waals surface area (Å²) in [6.45, 7) is 15.8. The lowest BCUT2D eigenvalue weighted by molar-refractivity contribution is -0.127. The number of hydrogen-bond acceptors (Lipinski definition) is 26. The van der Waals surface area contributed by atoms with Crippen LogP contribution in [0.3, 0.4) is 0 Å². The van der Waals surface area contributed by atoms with Crippen molar-refractivity contribution in [2.45, 2.75) is 70.1 Å². The first-order valence-corrected chi connectivity index (χ1v) is 45.1. The van der Waals surface area contributed by atoms with Gasteiger partial charge in [-0.1, -0.05) is 116 Å². The molecule has 0 saturated carbocycles. The first kappa shape index (κ1) is 100. The number of pyridine rings is 2. The van der Waals surface area contributed by atoms with E-state index in [-0.39, 0.29) is 66.3 Å². The van der Waals surface area contributed by atoms with Gasteiger partial charge in [-0.2, -0.15) is 10.4 Å². The smallest absolute Gasteiger partial charge is 0.246 e. The molecule has 0 bridgehead atoms. The number of anilines is 5. The van der Waals surface area contributed by atoms with Crippen molar-refractivity contribution < 1.29 is 61.1 Å². The van der Waals surface area contributed by atoms with E-state index in [4.69, 9.17) is 67.2 Å². The molecule has 1 unspecified atom stereocenters. The van der Waals surface area contributed by atoms with E-state index in [0.717, 1.165) is 70.0 Å². The fourth-order valence-corrected chi connectivity index (χ4v) is 15.3. The maximum atomic E-state index is 14.3. The summed E-state index contributed by atoms with van der Waals surface area (Å²) >= 11 is 12.4. The van der Waals surface area contributed by atoms with Crippen molar-refractivity contribution in [3.63, 3.8) is 0 Å². The normalized spacial score (nSPS) is 13.3. The molecule has 4 N–H and O–H groups in total. The van der Waals surface area contributed by atoms with Gasteiger partial charge in [-0.25, -0.2) is 43.4 Å². The molecule has 0 radical (unpaired) electrons. The number of aromatic nitrogens is 10. The number of amides is 1. The highest BCUT2D eigenvalue weighted by Crippen LogP contribution is 2.40. The minimum atomic E-state index is -0.499. The number of ketones is 3. The summed E-state index contributed by atoms with van der Waals surface area (Å²) in [5, 5.41) is 23.7. The molecule has 2 fully saturated rings. The number of benzene rings is 8. The average molecular weight is 1900 g/mol. The van der Waals surface area contributed by atoms with Crippen LogP contribution in [-0.2, 0) is 67.4 Å². The standard InChI is InChI=1S/C31H28ClN5O3.C25H26ClFN4O3.C25H25FN2O3.C25H24N6O2/c1-4-39-30-17-28-26(15-21(30)14-25(38)9-7-13-37(2)3)31(22(18-33)19-35-28)36-23-10-11-29(27(32)16-23)40-20-24-8-5-6-12-34-24;1-31(2)8-3-4-18(32)10-16-11-20-23(13-24(16)34-19-7-9-33-14-19)28-15-29-25(20)30-17-5-6-22(27)21(26)12-17;1-3-21(29)14-19-5-4-6-20(13-19)15-24-23(26)17-27-25(28-24)16-18-7-9-22(10-8-18)31-12-11-30-2;1-2-21(32)30-14-6-7-18(15-30)31-25-22(24(26)27-16-28-25)23(29-31)17-10-12-20(13-11-17)33-19-8-4-3-5-9-19/h4-12,15-17,19H,1,13-14,20H2,2-3H3,(H,35,36);3-6,11-13,15,19H,7-10,14H2,1-2H3,(H,28,29,30);3-10,13,17H,1,11-12,14-16H2,2H3;2-5,8-13,16,18H,1,6-7,14-15H2,(H2,26,27,28)/b9-7+;4-3+;;/t;19-;;/m.1../s1. The molecule has 6 aromatic heterocycles. The number of carbonyl (C=O) groups is 4. The minimum Gasteiger partial charge on any atom is -0.491 e. The maximum absolute atomic E-state index is 14.3. The molecule has 14 aromatic rings. The number of nitrogens with zero attached hydrogens (tertiary/aromatic N) is 14. The quantitative estimate of drug-likeness (QED) is 0.0185. The molecule has 2 atom stereocenters. The Hall–Kier alpha value is -15.4. The molecular formula is C106H103Cl2F2N17O11. The molecule has 32 heteroatoms. The number of methoxy groups -OCH3 is 1. The van der Waals surface area contributed by atoms with Crippen LogP contribution in [0, 0.1) is 23.0 Å². The van der Waals surface area contributed by atoms with Crippen LogP contribution in [0.15, 0.2) is 276 Å². The highest BCUT2D eigenvalue weighted by Gasteiger charge is 2.30. The predicted octanol–water partition coefficient (Wildman–Crippen LogP) is 19.1. The van der Waals surface area contributed by atoms with Gasteiger partial charge in [0.25, 0.3) is 0 Å². The molecule has 8 aromatic carbocycles. The lowest BCUT2D eigenvalue weighted by Crippen LogP contribution is -2.40. The lowest BCUT2D eigenvalue weighted by atomic mass is 10.0. The largest absolute Gasteiger partial charge is 0.491 e. The third kappa shape index (κ3) is 28.4. The molecule has 0 spiro atoms. The van der Waals surface area contributed by atoms with Crippen molar-refractivity contribution in [1.29, 1.82) is 5.26 Å². The lowest BCUT2D eigenvalue weighted by Gasteiger charge is -2.32. The van der Waals surface area contributed by atoms with Gasteiger partial charge < -0.3 is 64.2 Å². The summed E-state index contributed by atoms with van der Waals surface area (Å²) in [4.78, 5) is 89.6. The van der Waals surface area contributed by atoms with Gasteiger partial charge >= 0.3 is 0 Å². The third-order valence-corrected chi connectivity index (χ3v) is 22.3. The highest BCUT2D eigenvalue weighted by atomic mass is 35.5. The Morgan fingerprint density at radius 1 is 0.638 bits per heavy atom. The number of allylic oxidation sites excluding steroid dienone is 3. The Labute approximate surface area is 808 Å². The van der Waals surface area contributed by atoms with E-state index < -0.39 is 11.6 Å². The van der Waals surface area contributed by atoms with Crippen molar-refractivity contribution in [2.24, 2.45) is 0 Å². The van der Waals surface area contributed by atoms with Crippen LogP contribution in [0.4, 0.5) is 37.5 Å². The molecule has 1 amide bonds. The molecule has 706 valence electrons.